The van der Waals surface area contributed by atoms with Crippen molar-refractivity contribution < 1.29 is 0 Å². The zero-order valence-electron chi connectivity index (χ0n) is 14.4. The number of piperidine rings is 1. The molecule has 1 aromatic carbocycles. The van der Waals surface area contributed by atoms with Crippen LogP contribution in [-0.4, -0.2) is 40.9 Å². The van der Waals surface area contributed by atoms with Crippen molar-refractivity contribution in [3.8, 4) is 6.07 Å². The fourth-order valence-electron chi connectivity index (χ4n) is 4.05. The van der Waals surface area contributed by atoms with Crippen molar-refractivity contribution >= 4 is 34.7 Å². The van der Waals surface area contributed by atoms with Gasteiger partial charge in [-0.15, -0.1) is 0 Å². The van der Waals surface area contributed by atoms with E-state index in [1.165, 1.54) is 0 Å². The van der Waals surface area contributed by atoms with E-state index in [2.05, 4.69) is 28.2 Å². The van der Waals surface area contributed by atoms with Crippen molar-refractivity contribution in [2.24, 2.45) is 16.8 Å². The first-order valence-corrected chi connectivity index (χ1v) is 9.49. The number of likely N-dealkylation sites (tertiary alicyclic amines) is 1. The third-order valence-corrected chi connectivity index (χ3v) is 6.30. The van der Waals surface area contributed by atoms with E-state index in [-0.39, 0.29) is 11.8 Å². The van der Waals surface area contributed by atoms with Gasteiger partial charge in [-0.25, -0.2) is 4.99 Å². The molecule has 0 spiro atoms. The average Bonchev–Trinajstić information content (AvgIpc) is 3.11. The molecule has 0 aliphatic carbocycles. The van der Waals surface area contributed by atoms with E-state index in [9.17, 15) is 5.26 Å². The van der Waals surface area contributed by atoms with E-state index in [0.717, 1.165) is 48.6 Å². The molecular formula is C19H19Cl2N5. The number of nitrogens with zero attached hydrogens (tertiary/aromatic N) is 4. The van der Waals surface area contributed by atoms with Crippen LogP contribution in [0, 0.1) is 23.2 Å². The van der Waals surface area contributed by atoms with Gasteiger partial charge in [0.05, 0.1) is 28.2 Å². The minimum absolute atomic E-state index is 0.216. The molecule has 2 aromatic rings. The molecule has 1 aromatic heterocycles. The Balaban J connectivity index is 1.81. The van der Waals surface area contributed by atoms with E-state index in [0.29, 0.717) is 16.0 Å². The molecule has 26 heavy (non-hydrogen) atoms. The van der Waals surface area contributed by atoms with Crippen LogP contribution in [0.2, 0.25) is 10.0 Å². The summed E-state index contributed by atoms with van der Waals surface area (Å²) in [5, 5.41) is 18.2. The van der Waals surface area contributed by atoms with Crippen molar-refractivity contribution in [3.63, 3.8) is 0 Å². The highest BCUT2D eigenvalue weighted by molar-refractivity contribution is 6.42. The van der Waals surface area contributed by atoms with E-state index in [4.69, 9.17) is 28.2 Å². The number of aliphatic imine (C=N–C) groups is 1. The molecule has 134 valence electrons. The third kappa shape index (κ3) is 2.92. The minimum Gasteiger partial charge on any atom is -0.306 e. The predicted molar refractivity (Wildman–Crippen MR) is 103 cm³/mol. The molecule has 0 radical (unpaired) electrons. The van der Waals surface area contributed by atoms with Crippen molar-refractivity contribution in [1.29, 1.82) is 5.26 Å². The van der Waals surface area contributed by atoms with Gasteiger partial charge in [-0.2, -0.15) is 10.4 Å². The van der Waals surface area contributed by atoms with Crippen LogP contribution in [0.15, 0.2) is 29.4 Å². The molecule has 2 aliphatic heterocycles. The first-order valence-electron chi connectivity index (χ1n) is 8.74. The van der Waals surface area contributed by atoms with Crippen molar-refractivity contribution in [2.75, 3.05) is 20.1 Å². The Kier molecular flexibility index (Phi) is 4.74. The fraction of sp³-hybridized carbons (Fsp3) is 0.421. The number of H-pyrrole nitrogens is 1. The second kappa shape index (κ2) is 7.03. The predicted octanol–water partition coefficient (Wildman–Crippen LogP) is 4.42. The van der Waals surface area contributed by atoms with Crippen molar-refractivity contribution in [2.45, 2.75) is 18.8 Å². The molecule has 1 saturated heterocycles. The number of nitrogens with one attached hydrogen (secondary N) is 1. The summed E-state index contributed by atoms with van der Waals surface area (Å²) in [5.74, 6) is 0.441. The molecule has 3 heterocycles. The Bertz CT molecular complexity index is 890. The lowest BCUT2D eigenvalue weighted by atomic mass is 9.73. The van der Waals surface area contributed by atoms with Crippen LogP contribution in [-0.2, 0) is 0 Å². The molecular weight excluding hydrogens is 369 g/mol. The van der Waals surface area contributed by atoms with Gasteiger partial charge in [0, 0.05) is 23.1 Å². The molecule has 1 fully saturated rings. The third-order valence-electron chi connectivity index (χ3n) is 5.47. The van der Waals surface area contributed by atoms with E-state index < -0.39 is 0 Å². The lowest BCUT2D eigenvalue weighted by molar-refractivity contribution is 0.249. The van der Waals surface area contributed by atoms with Crippen LogP contribution in [0.3, 0.4) is 0 Å². The van der Waals surface area contributed by atoms with Crippen LogP contribution in [0.1, 0.15) is 29.9 Å². The molecule has 0 saturated carbocycles. The summed E-state index contributed by atoms with van der Waals surface area (Å²) in [7, 11) is 2.13. The first-order chi connectivity index (χ1) is 12.6. The monoisotopic (exact) mass is 387 g/mol. The Hall–Kier alpha value is -1.87. The van der Waals surface area contributed by atoms with Crippen LogP contribution in [0.4, 0.5) is 5.82 Å². The maximum atomic E-state index is 10.1. The smallest absolute Gasteiger partial charge is 0.151 e. The number of hydrogen-bond donors (Lipinski definition) is 1. The number of hydrogen-bond acceptors (Lipinski definition) is 4. The van der Waals surface area contributed by atoms with Gasteiger partial charge in [0.15, 0.2) is 5.82 Å². The maximum Gasteiger partial charge on any atom is 0.151 e. The quantitative estimate of drug-likeness (QED) is 0.828. The van der Waals surface area contributed by atoms with Gasteiger partial charge in [0.1, 0.15) is 0 Å². The summed E-state index contributed by atoms with van der Waals surface area (Å²) >= 11 is 12.8. The molecule has 1 N–H and O–H groups in total. The summed E-state index contributed by atoms with van der Waals surface area (Å²) in [6.45, 7) is 2.03. The van der Waals surface area contributed by atoms with Gasteiger partial charge in [-0.1, -0.05) is 35.3 Å². The van der Waals surface area contributed by atoms with Crippen molar-refractivity contribution in [1.82, 2.24) is 15.1 Å². The van der Waals surface area contributed by atoms with Crippen LogP contribution >= 0.6 is 23.2 Å². The highest BCUT2D eigenvalue weighted by atomic mass is 35.5. The second-order valence-electron chi connectivity index (χ2n) is 7.02. The molecule has 7 heteroatoms. The Morgan fingerprint density at radius 1 is 1.23 bits per heavy atom. The van der Waals surface area contributed by atoms with E-state index >= 15 is 0 Å². The van der Waals surface area contributed by atoms with Gasteiger partial charge in [0.25, 0.3) is 0 Å². The zero-order chi connectivity index (χ0) is 18.3. The van der Waals surface area contributed by atoms with Crippen LogP contribution in [0.25, 0.3) is 0 Å². The van der Waals surface area contributed by atoms with Crippen molar-refractivity contribution in [3.05, 3.63) is 45.6 Å². The summed E-state index contributed by atoms with van der Waals surface area (Å²) in [5.41, 5.74) is 2.70. The largest absolute Gasteiger partial charge is 0.306 e. The highest BCUT2D eigenvalue weighted by Gasteiger charge is 2.40. The lowest BCUT2D eigenvalue weighted by Gasteiger charge is -2.35. The topological polar surface area (TPSA) is 68.1 Å². The van der Waals surface area contributed by atoms with E-state index in [1.54, 1.807) is 12.3 Å². The van der Waals surface area contributed by atoms with Gasteiger partial charge in [-0.05, 0) is 44.6 Å². The van der Waals surface area contributed by atoms with Crippen LogP contribution in [0.5, 0.6) is 0 Å². The Morgan fingerprint density at radius 3 is 2.73 bits per heavy atom. The fourth-order valence-corrected chi connectivity index (χ4v) is 4.48. The molecule has 2 aliphatic rings. The summed E-state index contributed by atoms with van der Waals surface area (Å²) in [4.78, 5) is 7.13. The molecule has 2 atom stereocenters. The number of benzene rings is 1. The number of halogens is 2. The standard InChI is InChI=1S/C19H19Cl2N5/c1-26-7-5-11(6-8-26)18-13(9-22)16(14-10-23-25-19(14)24-18)12-3-2-4-15(20)17(12)21/h2-4,10-11,13,16H,5-8H2,1H3,(H,23,25). The number of fused-ring (bicyclic) bond motifs is 1. The van der Waals surface area contributed by atoms with Crippen LogP contribution < -0.4 is 0 Å². The van der Waals surface area contributed by atoms with E-state index in [1.807, 2.05) is 12.1 Å². The Morgan fingerprint density at radius 2 is 2.00 bits per heavy atom. The number of nitriles is 1. The maximum absolute atomic E-state index is 10.1. The minimum atomic E-state index is -0.371. The summed E-state index contributed by atoms with van der Waals surface area (Å²) in [6, 6.07) is 8.08. The number of rotatable bonds is 2. The molecule has 0 amide bonds. The van der Waals surface area contributed by atoms with Gasteiger partial charge < -0.3 is 4.90 Å². The SMILES string of the molecule is CN1CCC(C2=Nc3[nH]ncc3C(c3cccc(Cl)c3Cl)C2C#N)CC1. The second-order valence-corrected chi connectivity index (χ2v) is 7.80. The number of aromatic amines is 1. The normalized spacial score (nSPS) is 24.0. The average molecular weight is 388 g/mol. The molecule has 5 nitrogen and oxygen atoms in total. The summed E-state index contributed by atoms with van der Waals surface area (Å²) < 4.78 is 0. The zero-order valence-corrected chi connectivity index (χ0v) is 15.9. The Labute approximate surface area is 162 Å². The first kappa shape index (κ1) is 17.5. The molecule has 4 rings (SSSR count). The van der Waals surface area contributed by atoms with Gasteiger partial charge in [-0.3, -0.25) is 5.10 Å². The molecule has 2 unspecified atom stereocenters. The number of aromatic nitrogens is 2. The lowest BCUT2D eigenvalue weighted by Crippen LogP contribution is -2.38. The van der Waals surface area contributed by atoms with Gasteiger partial charge >= 0.3 is 0 Å². The van der Waals surface area contributed by atoms with Gasteiger partial charge in [0.2, 0.25) is 0 Å². The highest BCUT2D eigenvalue weighted by Crippen LogP contribution is 2.46. The summed E-state index contributed by atoms with van der Waals surface area (Å²) in [6.07, 6.45) is 3.76. The molecule has 0 bridgehead atoms.